The van der Waals surface area contributed by atoms with Crippen LogP contribution in [0.5, 0.6) is 0 Å². The highest BCUT2D eigenvalue weighted by Crippen LogP contribution is 2.56. The molecule has 3 aliphatic rings. The van der Waals surface area contributed by atoms with Crippen molar-refractivity contribution >= 4 is 29.5 Å². The smallest absolute Gasteiger partial charge is 0.306 e. The summed E-state index contributed by atoms with van der Waals surface area (Å²) in [4.78, 5) is 40.9. The highest BCUT2D eigenvalue weighted by Gasteiger charge is 2.58. The van der Waals surface area contributed by atoms with Crippen LogP contribution in [-0.4, -0.2) is 56.6 Å². The van der Waals surface area contributed by atoms with Gasteiger partial charge in [0.25, 0.3) is 5.91 Å². The van der Waals surface area contributed by atoms with Crippen LogP contribution in [0.15, 0.2) is 24.3 Å². The first-order valence-corrected chi connectivity index (χ1v) is 9.80. The molecule has 2 amide bonds. The number of amides is 2. The summed E-state index contributed by atoms with van der Waals surface area (Å²) in [6.45, 7) is 4.90. The van der Waals surface area contributed by atoms with Gasteiger partial charge in [0.2, 0.25) is 5.91 Å². The molecule has 1 aromatic rings. The maximum atomic E-state index is 13.3. The largest absolute Gasteiger partial charge is 0.481 e. The number of thioether (sulfide) groups is 1. The van der Waals surface area contributed by atoms with Crippen molar-refractivity contribution in [1.82, 2.24) is 9.80 Å². The van der Waals surface area contributed by atoms with Crippen LogP contribution in [0.2, 0.25) is 0 Å². The maximum absolute atomic E-state index is 13.3. The molecule has 2 saturated heterocycles. The van der Waals surface area contributed by atoms with E-state index in [2.05, 4.69) is 0 Å². The third-order valence-electron chi connectivity index (χ3n) is 5.69. The number of fused-ring (bicyclic) bond motifs is 3. The molecule has 2 atom stereocenters. The average molecular weight is 374 g/mol. The third kappa shape index (κ3) is 2.52. The normalized spacial score (nSPS) is 27.4. The van der Waals surface area contributed by atoms with E-state index >= 15 is 0 Å². The molecule has 6 nitrogen and oxygen atoms in total. The van der Waals surface area contributed by atoms with E-state index in [9.17, 15) is 14.4 Å². The zero-order chi connectivity index (χ0) is 18.6. The third-order valence-corrected chi connectivity index (χ3v) is 7.22. The van der Waals surface area contributed by atoms with Crippen LogP contribution >= 0.6 is 11.8 Å². The predicted molar refractivity (Wildman–Crippen MR) is 97.8 cm³/mol. The van der Waals surface area contributed by atoms with Crippen LogP contribution in [0.25, 0.3) is 0 Å². The number of likely N-dealkylation sites (tertiary alicyclic amines) is 1. The molecular weight excluding hydrogens is 352 g/mol. The lowest BCUT2D eigenvalue weighted by atomic mass is 9.94. The van der Waals surface area contributed by atoms with Gasteiger partial charge in [-0.15, -0.1) is 11.8 Å². The summed E-state index contributed by atoms with van der Waals surface area (Å²) in [7, 11) is 0. The van der Waals surface area contributed by atoms with E-state index in [-0.39, 0.29) is 23.1 Å². The lowest BCUT2D eigenvalue weighted by Crippen LogP contribution is -2.55. The van der Waals surface area contributed by atoms with Gasteiger partial charge in [0.15, 0.2) is 0 Å². The van der Waals surface area contributed by atoms with Crippen molar-refractivity contribution in [2.45, 2.75) is 42.9 Å². The molecule has 0 unspecified atom stereocenters. The van der Waals surface area contributed by atoms with Crippen molar-refractivity contribution in [2.75, 3.05) is 13.1 Å². The van der Waals surface area contributed by atoms with Crippen LogP contribution in [0, 0.1) is 5.92 Å². The number of carbonyl (C=O) groups is 3. The van der Waals surface area contributed by atoms with Gasteiger partial charge < -0.3 is 14.9 Å². The van der Waals surface area contributed by atoms with E-state index in [0.717, 1.165) is 5.56 Å². The minimum absolute atomic E-state index is 0.0602. The van der Waals surface area contributed by atoms with Gasteiger partial charge in [0.05, 0.1) is 5.92 Å². The van der Waals surface area contributed by atoms with Crippen molar-refractivity contribution in [1.29, 1.82) is 0 Å². The molecule has 26 heavy (non-hydrogen) atoms. The highest BCUT2D eigenvalue weighted by atomic mass is 32.2. The number of carboxylic acid groups (broad SMARTS) is 1. The molecule has 0 aliphatic carbocycles. The van der Waals surface area contributed by atoms with Crippen LogP contribution < -0.4 is 0 Å². The molecule has 0 bridgehead atoms. The molecular formula is C19H22N2O4S. The van der Waals surface area contributed by atoms with Crippen LogP contribution in [0.1, 0.15) is 48.0 Å². The van der Waals surface area contributed by atoms with Gasteiger partial charge in [-0.1, -0.05) is 18.2 Å². The van der Waals surface area contributed by atoms with Crippen molar-refractivity contribution in [3.8, 4) is 0 Å². The maximum Gasteiger partial charge on any atom is 0.306 e. The van der Waals surface area contributed by atoms with Gasteiger partial charge in [-0.3, -0.25) is 14.4 Å². The molecule has 0 radical (unpaired) electrons. The van der Waals surface area contributed by atoms with Crippen molar-refractivity contribution in [3.05, 3.63) is 35.4 Å². The topological polar surface area (TPSA) is 77.9 Å². The number of piperidine rings is 1. The molecule has 4 rings (SSSR count). The lowest BCUT2D eigenvalue weighted by Gasteiger charge is -2.37. The molecule has 0 spiro atoms. The predicted octanol–water partition coefficient (Wildman–Crippen LogP) is 2.36. The fourth-order valence-electron chi connectivity index (χ4n) is 4.30. The van der Waals surface area contributed by atoms with E-state index in [1.807, 2.05) is 38.1 Å². The Balaban J connectivity index is 1.59. The quantitative estimate of drug-likeness (QED) is 0.860. The summed E-state index contributed by atoms with van der Waals surface area (Å²) >= 11 is 1.65. The van der Waals surface area contributed by atoms with Crippen molar-refractivity contribution in [2.24, 2.45) is 5.92 Å². The van der Waals surface area contributed by atoms with Crippen molar-refractivity contribution < 1.29 is 19.5 Å². The van der Waals surface area contributed by atoms with Crippen molar-refractivity contribution in [3.63, 3.8) is 0 Å². The molecule has 138 valence electrons. The Morgan fingerprint density at radius 2 is 1.85 bits per heavy atom. The Hall–Kier alpha value is -2.02. The average Bonchev–Trinajstić information content (AvgIpc) is 3.05. The van der Waals surface area contributed by atoms with E-state index < -0.39 is 16.8 Å². The molecule has 3 aliphatic heterocycles. The molecule has 2 fully saturated rings. The second-order valence-corrected chi connectivity index (χ2v) is 9.45. The molecule has 1 N–H and O–H groups in total. The monoisotopic (exact) mass is 374 g/mol. The Bertz CT molecular complexity index is 785. The number of benzene rings is 1. The molecule has 7 heteroatoms. The molecule has 3 heterocycles. The van der Waals surface area contributed by atoms with Gasteiger partial charge in [-0.05, 0) is 38.3 Å². The lowest BCUT2D eigenvalue weighted by molar-refractivity contribution is -0.147. The first-order chi connectivity index (χ1) is 12.3. The van der Waals surface area contributed by atoms with E-state index in [1.54, 1.807) is 21.6 Å². The number of carbonyl (C=O) groups excluding carboxylic acids is 2. The van der Waals surface area contributed by atoms with E-state index in [4.69, 9.17) is 5.11 Å². The minimum atomic E-state index is -0.793. The minimum Gasteiger partial charge on any atom is -0.481 e. The highest BCUT2D eigenvalue weighted by molar-refractivity contribution is 8.01. The van der Waals surface area contributed by atoms with Crippen LogP contribution in [0.3, 0.4) is 0 Å². The second-order valence-electron chi connectivity index (χ2n) is 7.71. The number of hydrogen-bond acceptors (Lipinski definition) is 4. The number of carboxylic acids is 1. The summed E-state index contributed by atoms with van der Waals surface area (Å²) in [5, 5.41) is 9.03. The summed E-state index contributed by atoms with van der Waals surface area (Å²) in [6.07, 6.45) is 0.942. The summed E-state index contributed by atoms with van der Waals surface area (Å²) in [6, 6.07) is 7.03. The van der Waals surface area contributed by atoms with Gasteiger partial charge in [0.1, 0.15) is 11.4 Å². The number of rotatable bonds is 2. The summed E-state index contributed by atoms with van der Waals surface area (Å²) in [5.41, 5.74) is 1.67. The van der Waals surface area contributed by atoms with Crippen LogP contribution in [-0.2, 0) is 9.59 Å². The second kappa shape index (κ2) is 6.01. The number of aliphatic carboxylic acids is 1. The Morgan fingerprint density at radius 3 is 2.50 bits per heavy atom. The number of hydrogen-bond donors (Lipinski definition) is 1. The first-order valence-electron chi connectivity index (χ1n) is 8.92. The van der Waals surface area contributed by atoms with Gasteiger partial charge in [0, 0.05) is 23.4 Å². The van der Waals surface area contributed by atoms with E-state index in [0.29, 0.717) is 31.5 Å². The molecule has 0 saturated carbocycles. The Labute approximate surface area is 156 Å². The number of nitrogens with zero attached hydrogens (tertiary/aromatic N) is 2. The van der Waals surface area contributed by atoms with Gasteiger partial charge >= 0.3 is 5.97 Å². The zero-order valence-electron chi connectivity index (χ0n) is 14.8. The Kier molecular flexibility index (Phi) is 4.02. The standard InChI is InChI=1S/C19H22N2O4S/c1-19(2)14(16(23)20-9-7-11(8-10-20)18(24)25)21-15(22)12-5-3-4-6-13(12)17(21)26-19/h3-6,11,14,17H,7-10H2,1-2H3,(H,24,25)/t14-,17-/m1/s1. The summed E-state index contributed by atoms with van der Waals surface area (Å²) < 4.78 is -0.394. The molecule has 1 aromatic carbocycles. The fraction of sp³-hybridized carbons (Fsp3) is 0.526. The summed E-state index contributed by atoms with van der Waals surface area (Å²) in [5.74, 6) is -1.31. The fourth-order valence-corrected chi connectivity index (χ4v) is 5.88. The Morgan fingerprint density at radius 1 is 1.19 bits per heavy atom. The van der Waals surface area contributed by atoms with E-state index in [1.165, 1.54) is 0 Å². The molecule has 0 aromatic heterocycles. The SMILES string of the molecule is CC1(C)S[C@@H]2c3ccccc3C(=O)N2[C@@H]1C(=O)N1CCC(C(=O)O)CC1. The first kappa shape index (κ1) is 17.4. The zero-order valence-corrected chi connectivity index (χ0v) is 15.7. The van der Waals surface area contributed by atoms with Gasteiger partial charge in [-0.2, -0.15) is 0 Å². The van der Waals surface area contributed by atoms with Crippen LogP contribution in [0.4, 0.5) is 0 Å². The van der Waals surface area contributed by atoms with Gasteiger partial charge in [-0.25, -0.2) is 0 Å².